The van der Waals surface area contributed by atoms with Gasteiger partial charge in [0.2, 0.25) is 0 Å². The summed E-state index contributed by atoms with van der Waals surface area (Å²) in [5.41, 5.74) is 0.905. The van der Waals surface area contributed by atoms with E-state index in [9.17, 15) is 0 Å². The first kappa shape index (κ1) is 13.5. The minimum Gasteiger partial charge on any atom is -0.376 e. The molecule has 0 aliphatic carbocycles. The number of nitrogens with zero attached hydrogens (tertiary/aromatic N) is 3. The minimum absolute atomic E-state index is 0.0207. The summed E-state index contributed by atoms with van der Waals surface area (Å²) < 4.78 is 12.1. The van der Waals surface area contributed by atoms with E-state index in [1.807, 2.05) is 31.3 Å². The summed E-state index contributed by atoms with van der Waals surface area (Å²) in [7, 11) is 3.23. The van der Waals surface area contributed by atoms with Crippen molar-refractivity contribution < 1.29 is 9.47 Å². The highest BCUT2D eigenvalue weighted by atomic mass is 16.7. The molecule has 0 saturated carbocycles. The summed E-state index contributed by atoms with van der Waals surface area (Å²) in [6, 6.07) is 5.73. The Hall–Kier alpha value is -1.92. The maximum absolute atomic E-state index is 5.20. The molecule has 0 amide bonds. The van der Waals surface area contributed by atoms with Crippen LogP contribution >= 0.6 is 0 Å². The molecule has 6 heteroatoms. The van der Waals surface area contributed by atoms with Crippen LogP contribution in [0.1, 0.15) is 6.92 Å². The molecule has 0 spiro atoms. The number of pyridine rings is 1. The zero-order valence-electron chi connectivity index (χ0n) is 11.3. The van der Waals surface area contributed by atoms with Crippen LogP contribution in [0.3, 0.4) is 0 Å². The third kappa shape index (κ3) is 3.30. The zero-order valence-corrected chi connectivity index (χ0v) is 11.3. The maximum atomic E-state index is 5.20. The molecule has 0 bridgehead atoms. The second-order valence-electron chi connectivity index (χ2n) is 4.13. The lowest BCUT2D eigenvalue weighted by molar-refractivity contribution is -0.109. The van der Waals surface area contributed by atoms with E-state index < -0.39 is 0 Å². The van der Waals surface area contributed by atoms with Crippen molar-refractivity contribution in [2.24, 2.45) is 0 Å². The fraction of sp³-hybridized carbons (Fsp3) is 0.385. The van der Waals surface area contributed by atoms with Gasteiger partial charge in [-0.25, -0.2) is 9.67 Å². The summed E-state index contributed by atoms with van der Waals surface area (Å²) in [5.74, 6) is 0.776. The van der Waals surface area contributed by atoms with Crippen molar-refractivity contribution in [3.63, 3.8) is 0 Å². The number of anilines is 1. The van der Waals surface area contributed by atoms with Gasteiger partial charge in [0.1, 0.15) is 0 Å². The molecule has 0 fully saturated rings. The molecule has 2 aromatic rings. The van der Waals surface area contributed by atoms with E-state index in [0.717, 1.165) is 11.5 Å². The molecule has 0 aromatic carbocycles. The highest BCUT2D eigenvalue weighted by molar-refractivity contribution is 5.44. The van der Waals surface area contributed by atoms with Gasteiger partial charge in [-0.15, -0.1) is 0 Å². The highest BCUT2D eigenvalue weighted by Crippen LogP contribution is 2.12. The SMILES string of the molecule is COC(OC)C(C)Nc1ccc(-n2cccn2)nc1. The van der Waals surface area contributed by atoms with Crippen molar-refractivity contribution in [1.82, 2.24) is 14.8 Å². The normalized spacial score (nSPS) is 12.6. The van der Waals surface area contributed by atoms with Gasteiger partial charge in [0.15, 0.2) is 12.1 Å². The molecule has 0 aliphatic heterocycles. The number of ether oxygens (including phenoxy) is 2. The minimum atomic E-state index is -0.300. The maximum Gasteiger partial charge on any atom is 0.176 e. The number of nitrogens with one attached hydrogen (secondary N) is 1. The molecular weight excluding hydrogens is 244 g/mol. The molecule has 0 saturated heterocycles. The Bertz CT molecular complexity index is 480. The Morgan fingerprint density at radius 1 is 1.26 bits per heavy atom. The molecule has 2 rings (SSSR count). The van der Waals surface area contributed by atoms with Crippen LogP contribution in [-0.2, 0) is 9.47 Å². The summed E-state index contributed by atoms with van der Waals surface area (Å²) in [5, 5.41) is 7.40. The third-order valence-electron chi connectivity index (χ3n) is 2.75. The van der Waals surface area contributed by atoms with Crippen LogP contribution in [-0.4, -0.2) is 41.3 Å². The van der Waals surface area contributed by atoms with Gasteiger partial charge in [-0.3, -0.25) is 0 Å². The van der Waals surface area contributed by atoms with Crippen LogP contribution < -0.4 is 5.32 Å². The van der Waals surface area contributed by atoms with Gasteiger partial charge in [-0.1, -0.05) is 0 Å². The number of hydrogen-bond donors (Lipinski definition) is 1. The quantitative estimate of drug-likeness (QED) is 0.803. The van der Waals surface area contributed by atoms with E-state index in [1.165, 1.54) is 0 Å². The molecule has 6 nitrogen and oxygen atoms in total. The molecule has 0 radical (unpaired) electrons. The van der Waals surface area contributed by atoms with Crippen molar-refractivity contribution in [2.75, 3.05) is 19.5 Å². The molecule has 1 N–H and O–H groups in total. The van der Waals surface area contributed by atoms with Gasteiger partial charge < -0.3 is 14.8 Å². The van der Waals surface area contributed by atoms with Crippen LogP contribution in [0.15, 0.2) is 36.8 Å². The van der Waals surface area contributed by atoms with E-state index in [0.29, 0.717) is 0 Å². The summed E-state index contributed by atoms with van der Waals surface area (Å²) in [6.07, 6.45) is 5.03. The molecule has 0 aliphatic rings. The van der Waals surface area contributed by atoms with Crippen LogP contribution in [0.5, 0.6) is 0 Å². The largest absolute Gasteiger partial charge is 0.376 e. The second-order valence-corrected chi connectivity index (χ2v) is 4.13. The second kappa shape index (κ2) is 6.31. The Labute approximate surface area is 112 Å². The predicted octanol–water partition coefficient (Wildman–Crippen LogP) is 1.69. The summed E-state index contributed by atoms with van der Waals surface area (Å²) in [6.45, 7) is 1.99. The topological polar surface area (TPSA) is 61.2 Å². The van der Waals surface area contributed by atoms with Gasteiger partial charge >= 0.3 is 0 Å². The van der Waals surface area contributed by atoms with Crippen molar-refractivity contribution >= 4 is 5.69 Å². The lowest BCUT2D eigenvalue weighted by atomic mass is 10.3. The first-order valence-corrected chi connectivity index (χ1v) is 6.03. The summed E-state index contributed by atoms with van der Waals surface area (Å²) >= 11 is 0. The monoisotopic (exact) mass is 262 g/mol. The lowest BCUT2D eigenvalue weighted by Gasteiger charge is -2.22. The fourth-order valence-corrected chi connectivity index (χ4v) is 1.85. The molecule has 1 unspecified atom stereocenters. The average Bonchev–Trinajstić information content (AvgIpc) is 2.95. The van der Waals surface area contributed by atoms with Crippen molar-refractivity contribution in [2.45, 2.75) is 19.3 Å². The van der Waals surface area contributed by atoms with Crippen molar-refractivity contribution in [3.8, 4) is 5.82 Å². The fourth-order valence-electron chi connectivity index (χ4n) is 1.85. The van der Waals surface area contributed by atoms with Crippen LogP contribution in [0.2, 0.25) is 0 Å². The number of hydrogen-bond acceptors (Lipinski definition) is 5. The predicted molar refractivity (Wildman–Crippen MR) is 72.2 cm³/mol. The smallest absolute Gasteiger partial charge is 0.176 e. The Morgan fingerprint density at radius 2 is 2.05 bits per heavy atom. The third-order valence-corrected chi connectivity index (χ3v) is 2.75. The molecule has 102 valence electrons. The van der Waals surface area contributed by atoms with Crippen molar-refractivity contribution in [3.05, 3.63) is 36.8 Å². The van der Waals surface area contributed by atoms with E-state index in [-0.39, 0.29) is 12.3 Å². The Kier molecular flexibility index (Phi) is 4.48. The highest BCUT2D eigenvalue weighted by Gasteiger charge is 2.15. The first-order valence-electron chi connectivity index (χ1n) is 6.03. The van der Waals surface area contributed by atoms with Gasteiger partial charge in [0, 0.05) is 26.6 Å². The Balaban J connectivity index is 2.03. The standard InChI is InChI=1S/C13H18N4O2/c1-10(13(18-2)19-3)16-11-5-6-12(14-9-11)17-8-4-7-15-17/h4-10,13,16H,1-3H3. The molecule has 2 aromatic heterocycles. The summed E-state index contributed by atoms with van der Waals surface area (Å²) in [4.78, 5) is 4.34. The van der Waals surface area contributed by atoms with Crippen LogP contribution in [0.4, 0.5) is 5.69 Å². The Morgan fingerprint density at radius 3 is 2.58 bits per heavy atom. The van der Waals surface area contributed by atoms with Crippen LogP contribution in [0, 0.1) is 0 Å². The average molecular weight is 262 g/mol. The zero-order chi connectivity index (χ0) is 13.7. The number of aromatic nitrogens is 3. The van der Waals surface area contributed by atoms with E-state index in [1.54, 1.807) is 31.3 Å². The van der Waals surface area contributed by atoms with E-state index >= 15 is 0 Å². The van der Waals surface area contributed by atoms with Gasteiger partial charge in [-0.2, -0.15) is 5.10 Å². The molecular formula is C13H18N4O2. The number of rotatable bonds is 6. The molecule has 1 atom stereocenters. The van der Waals surface area contributed by atoms with Gasteiger partial charge in [0.05, 0.1) is 17.9 Å². The van der Waals surface area contributed by atoms with Gasteiger partial charge in [-0.05, 0) is 25.1 Å². The van der Waals surface area contributed by atoms with E-state index in [2.05, 4.69) is 15.4 Å². The van der Waals surface area contributed by atoms with E-state index in [4.69, 9.17) is 9.47 Å². The lowest BCUT2D eigenvalue weighted by Crippen LogP contribution is -2.33. The van der Waals surface area contributed by atoms with Crippen LogP contribution in [0.25, 0.3) is 5.82 Å². The first-order chi connectivity index (χ1) is 9.24. The molecule has 2 heterocycles. The molecule has 19 heavy (non-hydrogen) atoms. The van der Waals surface area contributed by atoms with Gasteiger partial charge in [0.25, 0.3) is 0 Å². The van der Waals surface area contributed by atoms with Crippen molar-refractivity contribution in [1.29, 1.82) is 0 Å². The number of methoxy groups -OCH3 is 2.